The molecule has 2 rings (SSSR count). The Labute approximate surface area is 101 Å². The highest BCUT2D eigenvalue weighted by molar-refractivity contribution is 5.88. The van der Waals surface area contributed by atoms with Crippen LogP contribution in [-0.2, 0) is 0 Å². The molecule has 2 aromatic rings. The molecule has 0 N–H and O–H groups in total. The van der Waals surface area contributed by atoms with Crippen molar-refractivity contribution in [1.82, 2.24) is 5.01 Å². The topological polar surface area (TPSA) is 32.0 Å². The highest BCUT2D eigenvalue weighted by Gasteiger charge is 2.04. The second kappa shape index (κ2) is 4.49. The van der Waals surface area contributed by atoms with Crippen molar-refractivity contribution in [3.63, 3.8) is 0 Å². The third kappa shape index (κ3) is 2.58. The highest BCUT2D eigenvalue weighted by Crippen LogP contribution is 2.23. The van der Waals surface area contributed by atoms with Crippen LogP contribution in [0.25, 0.3) is 11.0 Å². The zero-order valence-electron chi connectivity index (χ0n) is 10.6. The average molecular weight is 231 g/mol. The summed E-state index contributed by atoms with van der Waals surface area (Å²) in [6.07, 6.45) is 1.72. The van der Waals surface area contributed by atoms with Gasteiger partial charge in [-0.05, 0) is 24.3 Å². The Bertz CT molecular complexity index is 541. The van der Waals surface area contributed by atoms with Crippen molar-refractivity contribution in [2.75, 3.05) is 33.1 Å². The van der Waals surface area contributed by atoms with Gasteiger partial charge in [-0.2, -0.15) is 5.10 Å². The van der Waals surface area contributed by atoms with E-state index in [2.05, 4.69) is 16.1 Å². The molecule has 0 atom stereocenters. The molecule has 0 fully saturated rings. The molecule has 90 valence electrons. The fourth-order valence-electron chi connectivity index (χ4n) is 1.57. The summed E-state index contributed by atoms with van der Waals surface area (Å²) in [5.74, 6) is 0.768. The largest absolute Gasteiger partial charge is 0.455 e. The third-order valence-electron chi connectivity index (χ3n) is 2.45. The lowest BCUT2D eigenvalue weighted by atomic mass is 10.2. The van der Waals surface area contributed by atoms with E-state index in [1.165, 1.54) is 0 Å². The van der Waals surface area contributed by atoms with E-state index in [4.69, 9.17) is 4.42 Å². The first-order valence-electron chi connectivity index (χ1n) is 5.48. The summed E-state index contributed by atoms with van der Waals surface area (Å²) in [6, 6.07) is 8.12. The molecule has 0 aliphatic carbocycles. The minimum absolute atomic E-state index is 0.768. The summed E-state index contributed by atoms with van der Waals surface area (Å²) in [6.45, 7) is 0. The monoisotopic (exact) mass is 231 g/mol. The molecule has 0 unspecified atom stereocenters. The number of nitrogens with zero attached hydrogens (tertiary/aromatic N) is 3. The Morgan fingerprint density at radius 1 is 1.12 bits per heavy atom. The second-order valence-electron chi connectivity index (χ2n) is 4.36. The van der Waals surface area contributed by atoms with Gasteiger partial charge in [-0.3, -0.25) is 0 Å². The molecule has 0 spiro atoms. The van der Waals surface area contributed by atoms with Crippen LogP contribution >= 0.6 is 0 Å². The van der Waals surface area contributed by atoms with Crippen LogP contribution in [0.15, 0.2) is 33.8 Å². The SMILES string of the molecule is CN(C)/N=C/c1cc2cc(N(C)C)ccc2o1. The third-order valence-corrected chi connectivity index (χ3v) is 2.45. The minimum atomic E-state index is 0.768. The maximum absolute atomic E-state index is 5.66. The molecule has 0 saturated heterocycles. The highest BCUT2D eigenvalue weighted by atomic mass is 16.3. The van der Waals surface area contributed by atoms with E-state index in [1.807, 2.05) is 46.4 Å². The first kappa shape index (κ1) is 11.5. The molecule has 0 amide bonds. The van der Waals surface area contributed by atoms with Crippen molar-refractivity contribution in [3.8, 4) is 0 Å². The number of furan rings is 1. The molecule has 0 aliphatic rings. The zero-order chi connectivity index (χ0) is 12.4. The molecule has 1 heterocycles. The lowest BCUT2D eigenvalue weighted by molar-refractivity contribution is 0.438. The molecule has 0 radical (unpaired) electrons. The van der Waals surface area contributed by atoms with Crippen LogP contribution in [0.3, 0.4) is 0 Å². The van der Waals surface area contributed by atoms with Crippen molar-refractivity contribution >= 4 is 22.9 Å². The first-order chi connectivity index (χ1) is 8.06. The molecule has 0 aliphatic heterocycles. The lowest BCUT2D eigenvalue weighted by Crippen LogP contribution is -2.07. The number of hydrogen-bond acceptors (Lipinski definition) is 4. The van der Waals surface area contributed by atoms with E-state index in [9.17, 15) is 0 Å². The smallest absolute Gasteiger partial charge is 0.148 e. The minimum Gasteiger partial charge on any atom is -0.455 e. The van der Waals surface area contributed by atoms with Gasteiger partial charge in [0.1, 0.15) is 11.3 Å². The van der Waals surface area contributed by atoms with E-state index in [1.54, 1.807) is 11.2 Å². The van der Waals surface area contributed by atoms with Gasteiger partial charge >= 0.3 is 0 Å². The summed E-state index contributed by atoms with van der Waals surface area (Å²) in [5, 5.41) is 6.98. The first-order valence-corrected chi connectivity index (χ1v) is 5.48. The summed E-state index contributed by atoms with van der Waals surface area (Å²) >= 11 is 0. The van der Waals surface area contributed by atoms with Gasteiger partial charge < -0.3 is 14.3 Å². The predicted molar refractivity (Wildman–Crippen MR) is 71.8 cm³/mol. The summed E-state index contributed by atoms with van der Waals surface area (Å²) < 4.78 is 5.66. The van der Waals surface area contributed by atoms with Crippen molar-refractivity contribution in [2.45, 2.75) is 0 Å². The summed E-state index contributed by atoms with van der Waals surface area (Å²) in [7, 11) is 7.80. The Balaban J connectivity index is 2.37. The molecule has 0 bridgehead atoms. The van der Waals surface area contributed by atoms with Gasteiger partial charge in [0.15, 0.2) is 0 Å². The Kier molecular flexibility index (Phi) is 3.04. The molecular formula is C13H17N3O. The lowest BCUT2D eigenvalue weighted by Gasteiger charge is -2.11. The number of rotatable bonds is 3. The maximum Gasteiger partial charge on any atom is 0.148 e. The van der Waals surface area contributed by atoms with E-state index >= 15 is 0 Å². The number of hydrogen-bond donors (Lipinski definition) is 0. The van der Waals surface area contributed by atoms with E-state index < -0.39 is 0 Å². The fraction of sp³-hybridized carbons (Fsp3) is 0.308. The fourth-order valence-corrected chi connectivity index (χ4v) is 1.57. The van der Waals surface area contributed by atoms with Crippen LogP contribution in [-0.4, -0.2) is 39.4 Å². The van der Waals surface area contributed by atoms with Gasteiger partial charge in [0.2, 0.25) is 0 Å². The van der Waals surface area contributed by atoms with Gasteiger partial charge in [0.25, 0.3) is 0 Å². The second-order valence-corrected chi connectivity index (χ2v) is 4.36. The van der Waals surface area contributed by atoms with E-state index in [-0.39, 0.29) is 0 Å². The van der Waals surface area contributed by atoms with Gasteiger partial charge in [-0.1, -0.05) is 0 Å². The van der Waals surface area contributed by atoms with E-state index in [0.717, 1.165) is 22.4 Å². The molecule has 1 aromatic heterocycles. The Hall–Kier alpha value is -1.97. The summed E-state index contributed by atoms with van der Waals surface area (Å²) in [5.41, 5.74) is 2.05. The van der Waals surface area contributed by atoms with Crippen molar-refractivity contribution < 1.29 is 4.42 Å². The Morgan fingerprint density at radius 3 is 2.53 bits per heavy atom. The standard InChI is InChI=1S/C13H17N3O/c1-15(2)11-5-6-13-10(7-11)8-12(17-13)9-14-16(3)4/h5-9H,1-4H3/b14-9+. The van der Waals surface area contributed by atoms with Crippen LogP contribution in [0.4, 0.5) is 5.69 Å². The number of benzene rings is 1. The van der Waals surface area contributed by atoms with Crippen LogP contribution in [0.1, 0.15) is 5.76 Å². The normalized spacial score (nSPS) is 11.3. The van der Waals surface area contributed by atoms with Gasteiger partial charge in [0.05, 0.1) is 6.21 Å². The van der Waals surface area contributed by atoms with Gasteiger partial charge in [-0.15, -0.1) is 0 Å². The summed E-state index contributed by atoms with van der Waals surface area (Å²) in [4.78, 5) is 2.07. The molecule has 17 heavy (non-hydrogen) atoms. The van der Waals surface area contributed by atoms with Crippen molar-refractivity contribution in [1.29, 1.82) is 0 Å². The van der Waals surface area contributed by atoms with Gasteiger partial charge in [-0.25, -0.2) is 0 Å². The molecule has 4 heteroatoms. The quantitative estimate of drug-likeness (QED) is 0.600. The van der Waals surface area contributed by atoms with Gasteiger partial charge in [0, 0.05) is 39.3 Å². The van der Waals surface area contributed by atoms with E-state index in [0.29, 0.717) is 0 Å². The average Bonchev–Trinajstić information content (AvgIpc) is 2.67. The van der Waals surface area contributed by atoms with Crippen molar-refractivity contribution in [3.05, 3.63) is 30.0 Å². The molecule has 0 saturated carbocycles. The van der Waals surface area contributed by atoms with Crippen LogP contribution < -0.4 is 4.90 Å². The zero-order valence-corrected chi connectivity index (χ0v) is 10.6. The van der Waals surface area contributed by atoms with Crippen LogP contribution in [0.2, 0.25) is 0 Å². The molecule has 1 aromatic carbocycles. The van der Waals surface area contributed by atoms with Crippen LogP contribution in [0, 0.1) is 0 Å². The molecule has 4 nitrogen and oxygen atoms in total. The molecular weight excluding hydrogens is 214 g/mol. The number of hydrazone groups is 1. The predicted octanol–water partition coefficient (Wildman–Crippen LogP) is 2.39. The Morgan fingerprint density at radius 2 is 1.88 bits per heavy atom. The maximum atomic E-state index is 5.66. The van der Waals surface area contributed by atoms with Crippen molar-refractivity contribution in [2.24, 2.45) is 5.10 Å². The van der Waals surface area contributed by atoms with Crippen LogP contribution in [0.5, 0.6) is 0 Å². The number of fused-ring (bicyclic) bond motifs is 1. The number of anilines is 1.